The zero-order chi connectivity index (χ0) is 27.2. The van der Waals surface area contributed by atoms with Crippen molar-refractivity contribution < 1.29 is 9.59 Å². The Bertz CT molecular complexity index is 809. The summed E-state index contributed by atoms with van der Waals surface area (Å²) in [7, 11) is 7.88. The van der Waals surface area contributed by atoms with Crippen LogP contribution in [0.5, 0.6) is 0 Å². The summed E-state index contributed by atoms with van der Waals surface area (Å²) in [6, 6.07) is 0. The molecule has 2 rings (SSSR count). The van der Waals surface area contributed by atoms with E-state index in [2.05, 4.69) is 69.0 Å². The number of carbonyl (C=O) groups excluding carboxylic acids is 2. The number of H-pyrrole nitrogens is 1. The highest BCUT2D eigenvalue weighted by atomic mass is 16.2. The van der Waals surface area contributed by atoms with E-state index in [1.54, 1.807) is 0 Å². The van der Waals surface area contributed by atoms with Gasteiger partial charge in [0.2, 0.25) is 11.8 Å². The Labute approximate surface area is 219 Å². The number of hydrogen-bond donors (Lipinski definition) is 2. The highest BCUT2D eigenvalue weighted by molar-refractivity contribution is 5.84. The van der Waals surface area contributed by atoms with Crippen LogP contribution in [0.3, 0.4) is 0 Å². The van der Waals surface area contributed by atoms with Gasteiger partial charge in [0, 0.05) is 76.3 Å². The van der Waals surface area contributed by atoms with E-state index >= 15 is 0 Å². The Balaban J connectivity index is 2.41. The lowest BCUT2D eigenvalue weighted by Crippen LogP contribution is -2.53. The fourth-order valence-corrected chi connectivity index (χ4v) is 5.86. The molecule has 0 aromatic carbocycles. The lowest BCUT2D eigenvalue weighted by Gasteiger charge is -2.48. The van der Waals surface area contributed by atoms with Gasteiger partial charge in [-0.1, -0.05) is 41.5 Å². The molecule has 0 saturated heterocycles. The number of likely N-dealkylation sites (N-methyl/N-ethyl adjacent to an activating group) is 2. The number of aromatic nitrogens is 2. The molecule has 2 amide bonds. The van der Waals surface area contributed by atoms with Gasteiger partial charge in [0.25, 0.3) is 0 Å². The molecule has 2 atom stereocenters. The van der Waals surface area contributed by atoms with Crippen molar-refractivity contribution in [3.63, 3.8) is 0 Å². The van der Waals surface area contributed by atoms with Crippen LogP contribution in [0.4, 0.5) is 0 Å². The summed E-state index contributed by atoms with van der Waals surface area (Å²) in [5.74, 6) is 0.641. The molecule has 1 aromatic rings. The van der Waals surface area contributed by atoms with Crippen molar-refractivity contribution in [1.29, 1.82) is 0 Å². The summed E-state index contributed by atoms with van der Waals surface area (Å²) in [5.41, 5.74) is 1.72. The molecule has 2 N–H and O–H groups in total. The van der Waals surface area contributed by atoms with Gasteiger partial charge in [0.05, 0.1) is 5.69 Å². The predicted octanol–water partition coefficient (Wildman–Crippen LogP) is 3.43. The van der Waals surface area contributed by atoms with Crippen LogP contribution in [0.2, 0.25) is 0 Å². The van der Waals surface area contributed by atoms with E-state index in [0.29, 0.717) is 37.8 Å². The van der Waals surface area contributed by atoms with Crippen molar-refractivity contribution in [3.8, 4) is 0 Å². The van der Waals surface area contributed by atoms with Crippen LogP contribution in [-0.4, -0.2) is 91.1 Å². The Morgan fingerprint density at radius 1 is 1.03 bits per heavy atom. The normalized spacial score (nSPS) is 21.9. The van der Waals surface area contributed by atoms with Crippen LogP contribution in [0.25, 0.3) is 0 Å². The van der Waals surface area contributed by atoms with Crippen molar-refractivity contribution in [2.45, 2.75) is 66.8 Å². The zero-order valence-electron chi connectivity index (χ0n) is 24.5. The van der Waals surface area contributed by atoms with E-state index in [-0.39, 0.29) is 29.6 Å². The molecular formula is C28H52N6O2. The Kier molecular flexibility index (Phi) is 11.0. The monoisotopic (exact) mass is 504 g/mol. The second-order valence-electron chi connectivity index (χ2n) is 12.5. The Morgan fingerprint density at radius 2 is 1.53 bits per heavy atom. The van der Waals surface area contributed by atoms with E-state index < -0.39 is 5.41 Å². The van der Waals surface area contributed by atoms with E-state index in [4.69, 9.17) is 0 Å². The number of nitrogens with zero attached hydrogens (tertiary/aromatic N) is 4. The van der Waals surface area contributed by atoms with E-state index in [1.165, 1.54) is 0 Å². The van der Waals surface area contributed by atoms with Crippen LogP contribution >= 0.6 is 0 Å². The Morgan fingerprint density at radius 3 is 1.97 bits per heavy atom. The number of hydrogen-bond acceptors (Lipinski definition) is 5. The van der Waals surface area contributed by atoms with Gasteiger partial charge in [-0.3, -0.25) is 14.7 Å². The molecule has 0 radical (unpaired) electrons. The zero-order valence-corrected chi connectivity index (χ0v) is 24.5. The third-order valence-electron chi connectivity index (χ3n) is 7.79. The summed E-state index contributed by atoms with van der Waals surface area (Å²) >= 11 is 0. The predicted molar refractivity (Wildman–Crippen MR) is 147 cm³/mol. The number of nitrogens with one attached hydrogen (secondary N) is 2. The van der Waals surface area contributed by atoms with Gasteiger partial charge in [0.1, 0.15) is 0 Å². The number of carbonyl (C=O) groups is 2. The first-order chi connectivity index (χ1) is 16.8. The quantitative estimate of drug-likeness (QED) is 0.456. The van der Waals surface area contributed by atoms with Gasteiger partial charge < -0.3 is 20.0 Å². The van der Waals surface area contributed by atoms with Gasteiger partial charge in [-0.05, 0) is 44.2 Å². The van der Waals surface area contributed by atoms with E-state index in [9.17, 15) is 9.59 Å². The molecule has 36 heavy (non-hydrogen) atoms. The van der Waals surface area contributed by atoms with Crippen LogP contribution in [0.1, 0.15) is 71.6 Å². The van der Waals surface area contributed by atoms with Crippen molar-refractivity contribution in [3.05, 3.63) is 17.5 Å². The molecule has 206 valence electrons. The first kappa shape index (κ1) is 30.3. The summed E-state index contributed by atoms with van der Waals surface area (Å²) in [4.78, 5) is 33.7. The van der Waals surface area contributed by atoms with Crippen LogP contribution in [0, 0.1) is 29.1 Å². The number of amides is 2. The van der Waals surface area contributed by atoms with Gasteiger partial charge >= 0.3 is 0 Å². The minimum Gasteiger partial charge on any atom is -0.345 e. The molecule has 1 heterocycles. The average molecular weight is 505 g/mol. The molecule has 0 spiro atoms. The summed E-state index contributed by atoms with van der Waals surface area (Å²) in [6.45, 7) is 16.8. The summed E-state index contributed by atoms with van der Waals surface area (Å²) in [5, 5.41) is 11.0. The first-order valence-corrected chi connectivity index (χ1v) is 13.6. The van der Waals surface area contributed by atoms with Crippen molar-refractivity contribution in [2.75, 3.05) is 54.4 Å². The second kappa shape index (κ2) is 13.0. The SMILES string of the molecule is CNCCN(C)Cc1c[nH]nc1C1CC(C(=O)N(C)CC(C)C)C(C)(C)C(C(=O)N(C)CC(C)C)C1. The third-order valence-corrected chi connectivity index (χ3v) is 7.79. The van der Waals surface area contributed by atoms with E-state index in [1.807, 2.05) is 37.1 Å². The van der Waals surface area contributed by atoms with Crippen molar-refractivity contribution in [2.24, 2.45) is 29.1 Å². The van der Waals surface area contributed by atoms with Gasteiger partial charge in [-0.25, -0.2) is 0 Å². The minimum absolute atomic E-state index is 0.0553. The molecule has 8 nitrogen and oxygen atoms in total. The minimum atomic E-state index is -0.443. The summed E-state index contributed by atoms with van der Waals surface area (Å²) in [6.07, 6.45) is 3.41. The maximum Gasteiger partial charge on any atom is 0.226 e. The molecule has 0 bridgehead atoms. The maximum atomic E-state index is 13.8. The third kappa shape index (κ3) is 7.54. The Hall–Kier alpha value is -1.93. The molecule has 1 aliphatic carbocycles. The van der Waals surface area contributed by atoms with Crippen molar-refractivity contribution in [1.82, 2.24) is 30.2 Å². The average Bonchev–Trinajstić information content (AvgIpc) is 3.23. The van der Waals surface area contributed by atoms with E-state index in [0.717, 1.165) is 30.9 Å². The topological polar surface area (TPSA) is 84.6 Å². The van der Waals surface area contributed by atoms with Crippen LogP contribution < -0.4 is 5.32 Å². The maximum absolute atomic E-state index is 13.8. The van der Waals surface area contributed by atoms with Crippen molar-refractivity contribution >= 4 is 11.8 Å². The molecule has 2 unspecified atom stereocenters. The second-order valence-corrected chi connectivity index (χ2v) is 12.5. The lowest BCUT2D eigenvalue weighted by molar-refractivity contribution is -0.151. The molecule has 1 saturated carbocycles. The largest absolute Gasteiger partial charge is 0.345 e. The molecular weight excluding hydrogens is 452 g/mol. The molecule has 1 fully saturated rings. The number of rotatable bonds is 12. The smallest absolute Gasteiger partial charge is 0.226 e. The fraction of sp³-hybridized carbons (Fsp3) is 0.821. The lowest BCUT2D eigenvalue weighted by atomic mass is 9.57. The highest BCUT2D eigenvalue weighted by Gasteiger charge is 2.52. The summed E-state index contributed by atoms with van der Waals surface area (Å²) < 4.78 is 0. The van der Waals surface area contributed by atoms with Crippen LogP contribution in [0.15, 0.2) is 6.20 Å². The van der Waals surface area contributed by atoms with Gasteiger partial charge in [0.15, 0.2) is 0 Å². The van der Waals surface area contributed by atoms with Gasteiger partial charge in [-0.15, -0.1) is 0 Å². The first-order valence-electron chi connectivity index (χ1n) is 13.6. The number of aromatic amines is 1. The highest BCUT2D eigenvalue weighted by Crippen LogP contribution is 2.51. The molecule has 8 heteroatoms. The molecule has 0 aliphatic heterocycles. The van der Waals surface area contributed by atoms with Crippen LogP contribution in [-0.2, 0) is 16.1 Å². The molecule has 1 aromatic heterocycles. The van der Waals surface area contributed by atoms with Gasteiger partial charge in [-0.2, -0.15) is 5.10 Å². The standard InChI is InChI=1S/C28H52N6O2/c1-19(2)16-33(9)26(35)23-13-21(25-22(15-30-31-25)18-32(8)12-11-29-7)14-24(28(23,5)6)27(36)34(10)17-20(3)4/h15,19-21,23-24,29H,11-14,16-18H2,1-10H3,(H,30,31). The molecule has 1 aliphatic rings. The fourth-order valence-electron chi connectivity index (χ4n) is 5.86.